The van der Waals surface area contributed by atoms with Gasteiger partial charge in [0.25, 0.3) is 0 Å². The Morgan fingerprint density at radius 3 is 2.88 bits per heavy atom. The second kappa shape index (κ2) is 7.81. The fraction of sp³-hybridized carbons (Fsp3) is 0.722. The second-order valence-corrected chi connectivity index (χ2v) is 7.60. The van der Waals surface area contributed by atoms with Gasteiger partial charge in [-0.1, -0.05) is 0 Å². The number of ether oxygens (including phenoxy) is 1. The zero-order chi connectivity index (χ0) is 17.7. The minimum Gasteiger partial charge on any atom is -0.444 e. The van der Waals surface area contributed by atoms with Gasteiger partial charge in [0, 0.05) is 25.8 Å². The number of anilines is 1. The molecule has 6 heteroatoms. The molecule has 1 aromatic rings. The van der Waals surface area contributed by atoms with Gasteiger partial charge in [0.15, 0.2) is 0 Å². The molecule has 0 spiro atoms. The smallest absolute Gasteiger partial charge is 0.410 e. The summed E-state index contributed by atoms with van der Waals surface area (Å²) in [6.07, 6.45) is 4.78. The number of amides is 1. The van der Waals surface area contributed by atoms with Crippen molar-refractivity contribution in [3.8, 4) is 0 Å². The van der Waals surface area contributed by atoms with Gasteiger partial charge in [-0.25, -0.2) is 9.78 Å². The average molecular weight is 334 g/mol. The van der Waals surface area contributed by atoms with Crippen LogP contribution in [-0.4, -0.2) is 46.2 Å². The molecule has 0 aromatic carbocycles. The summed E-state index contributed by atoms with van der Waals surface area (Å²) in [5, 5.41) is 3.38. The molecule has 134 valence electrons. The Morgan fingerprint density at radius 2 is 2.17 bits per heavy atom. The van der Waals surface area contributed by atoms with E-state index in [9.17, 15) is 4.79 Å². The number of carbonyl (C=O) groups excluding carboxylic acids is 1. The minimum absolute atomic E-state index is 0.194. The molecule has 1 aliphatic heterocycles. The molecule has 0 bridgehead atoms. The van der Waals surface area contributed by atoms with Crippen LogP contribution in [0.3, 0.4) is 0 Å². The Bertz CT molecular complexity index is 569. The molecular formula is C18H30N4O2. The number of aromatic nitrogens is 2. The predicted octanol–water partition coefficient (Wildman–Crippen LogP) is 3.54. The third-order valence-electron chi connectivity index (χ3n) is 4.09. The van der Waals surface area contributed by atoms with Crippen molar-refractivity contribution in [1.29, 1.82) is 0 Å². The molecule has 0 saturated carbocycles. The SMILES string of the molecule is Cc1cnc(C)c(NCCC2CCCN(C(=O)OC(C)(C)C)C2)n1. The van der Waals surface area contributed by atoms with Crippen LogP contribution in [0.5, 0.6) is 0 Å². The molecule has 24 heavy (non-hydrogen) atoms. The van der Waals surface area contributed by atoms with E-state index in [4.69, 9.17) is 4.74 Å². The van der Waals surface area contributed by atoms with Crippen LogP contribution in [0, 0.1) is 19.8 Å². The molecule has 1 amide bonds. The summed E-state index contributed by atoms with van der Waals surface area (Å²) in [6.45, 7) is 12.0. The van der Waals surface area contributed by atoms with Crippen LogP contribution < -0.4 is 5.32 Å². The van der Waals surface area contributed by atoms with E-state index >= 15 is 0 Å². The lowest BCUT2D eigenvalue weighted by molar-refractivity contribution is 0.0163. The quantitative estimate of drug-likeness (QED) is 0.912. The molecule has 1 aliphatic rings. The largest absolute Gasteiger partial charge is 0.444 e. The summed E-state index contributed by atoms with van der Waals surface area (Å²) in [7, 11) is 0. The molecule has 2 heterocycles. The topological polar surface area (TPSA) is 67.4 Å². The predicted molar refractivity (Wildman–Crippen MR) is 95.1 cm³/mol. The lowest BCUT2D eigenvalue weighted by atomic mass is 9.95. The molecular weight excluding hydrogens is 304 g/mol. The maximum atomic E-state index is 12.2. The van der Waals surface area contributed by atoms with Gasteiger partial charge in [0.2, 0.25) is 0 Å². The van der Waals surface area contributed by atoms with E-state index in [1.54, 1.807) is 6.20 Å². The van der Waals surface area contributed by atoms with Gasteiger partial charge in [0.1, 0.15) is 11.4 Å². The monoisotopic (exact) mass is 334 g/mol. The van der Waals surface area contributed by atoms with E-state index < -0.39 is 5.60 Å². The Morgan fingerprint density at radius 1 is 1.42 bits per heavy atom. The molecule has 1 unspecified atom stereocenters. The van der Waals surface area contributed by atoms with Crippen LogP contribution in [0.2, 0.25) is 0 Å². The van der Waals surface area contributed by atoms with E-state index in [1.807, 2.05) is 39.5 Å². The van der Waals surface area contributed by atoms with Crippen molar-refractivity contribution < 1.29 is 9.53 Å². The van der Waals surface area contributed by atoms with Gasteiger partial charge in [-0.15, -0.1) is 0 Å². The Balaban J connectivity index is 1.80. The molecule has 1 aromatic heterocycles. The van der Waals surface area contributed by atoms with Crippen molar-refractivity contribution in [2.24, 2.45) is 5.92 Å². The summed E-state index contributed by atoms with van der Waals surface area (Å²) in [5.41, 5.74) is 1.39. The molecule has 1 atom stereocenters. The third-order valence-corrected chi connectivity index (χ3v) is 4.09. The van der Waals surface area contributed by atoms with Gasteiger partial charge < -0.3 is 15.0 Å². The number of piperidine rings is 1. The van der Waals surface area contributed by atoms with E-state index in [0.29, 0.717) is 5.92 Å². The van der Waals surface area contributed by atoms with Crippen molar-refractivity contribution in [3.05, 3.63) is 17.6 Å². The van der Waals surface area contributed by atoms with Crippen molar-refractivity contribution in [2.45, 2.75) is 59.5 Å². The van der Waals surface area contributed by atoms with E-state index in [2.05, 4.69) is 15.3 Å². The lowest BCUT2D eigenvalue weighted by Crippen LogP contribution is -2.43. The van der Waals surface area contributed by atoms with E-state index in [1.165, 1.54) is 0 Å². The highest BCUT2D eigenvalue weighted by atomic mass is 16.6. The van der Waals surface area contributed by atoms with Crippen molar-refractivity contribution >= 4 is 11.9 Å². The number of hydrogen-bond donors (Lipinski definition) is 1. The maximum absolute atomic E-state index is 12.2. The summed E-state index contributed by atoms with van der Waals surface area (Å²) >= 11 is 0. The minimum atomic E-state index is -0.438. The molecule has 0 aliphatic carbocycles. The lowest BCUT2D eigenvalue weighted by Gasteiger charge is -2.34. The summed E-state index contributed by atoms with van der Waals surface area (Å²) < 4.78 is 5.48. The Kier molecular flexibility index (Phi) is 6.02. The number of carbonyl (C=O) groups is 1. The average Bonchev–Trinajstić information content (AvgIpc) is 2.49. The number of nitrogens with one attached hydrogen (secondary N) is 1. The Labute approximate surface area is 145 Å². The van der Waals surface area contributed by atoms with Crippen LogP contribution in [0.4, 0.5) is 10.6 Å². The number of rotatable bonds is 4. The van der Waals surface area contributed by atoms with Gasteiger partial charge in [-0.3, -0.25) is 4.98 Å². The van der Waals surface area contributed by atoms with Crippen LogP contribution in [0.25, 0.3) is 0 Å². The summed E-state index contributed by atoms with van der Waals surface area (Å²) in [4.78, 5) is 22.9. The number of likely N-dealkylation sites (tertiary alicyclic amines) is 1. The zero-order valence-electron chi connectivity index (χ0n) is 15.6. The van der Waals surface area contributed by atoms with Gasteiger partial charge >= 0.3 is 6.09 Å². The van der Waals surface area contributed by atoms with Crippen LogP contribution in [0.1, 0.15) is 51.4 Å². The van der Waals surface area contributed by atoms with Gasteiger partial charge in [-0.05, 0) is 59.8 Å². The van der Waals surface area contributed by atoms with E-state index in [0.717, 1.165) is 56.1 Å². The van der Waals surface area contributed by atoms with Gasteiger partial charge in [-0.2, -0.15) is 0 Å². The second-order valence-electron chi connectivity index (χ2n) is 7.60. The van der Waals surface area contributed by atoms with E-state index in [-0.39, 0.29) is 6.09 Å². The number of aryl methyl sites for hydroxylation is 2. The highest BCUT2D eigenvalue weighted by Gasteiger charge is 2.27. The molecule has 1 fully saturated rings. The van der Waals surface area contributed by atoms with Crippen LogP contribution in [0.15, 0.2) is 6.20 Å². The fourth-order valence-electron chi connectivity index (χ4n) is 2.89. The third kappa shape index (κ3) is 5.65. The normalized spacial score (nSPS) is 18.4. The highest BCUT2D eigenvalue weighted by molar-refractivity contribution is 5.68. The fourth-order valence-corrected chi connectivity index (χ4v) is 2.89. The van der Waals surface area contributed by atoms with Crippen LogP contribution >= 0.6 is 0 Å². The first-order chi connectivity index (χ1) is 11.2. The first-order valence-electron chi connectivity index (χ1n) is 8.76. The number of nitrogens with zero attached hydrogens (tertiary/aromatic N) is 3. The standard InChI is InChI=1S/C18H30N4O2/c1-13-11-20-14(2)16(21-13)19-9-8-15-7-6-10-22(12-15)17(23)24-18(3,4)5/h11,15H,6-10,12H2,1-5H3,(H,19,21). The van der Waals surface area contributed by atoms with Crippen molar-refractivity contribution in [1.82, 2.24) is 14.9 Å². The molecule has 1 N–H and O–H groups in total. The maximum Gasteiger partial charge on any atom is 0.410 e. The van der Waals surface area contributed by atoms with Crippen molar-refractivity contribution in [2.75, 3.05) is 25.0 Å². The molecule has 0 radical (unpaired) electrons. The summed E-state index contributed by atoms with van der Waals surface area (Å²) in [5.74, 6) is 1.35. The molecule has 6 nitrogen and oxygen atoms in total. The summed E-state index contributed by atoms with van der Waals surface area (Å²) in [6, 6.07) is 0. The molecule has 1 saturated heterocycles. The highest BCUT2D eigenvalue weighted by Crippen LogP contribution is 2.22. The molecule has 2 rings (SSSR count). The van der Waals surface area contributed by atoms with Crippen molar-refractivity contribution in [3.63, 3.8) is 0 Å². The van der Waals surface area contributed by atoms with Gasteiger partial charge in [0.05, 0.1) is 11.4 Å². The first kappa shape index (κ1) is 18.5. The zero-order valence-corrected chi connectivity index (χ0v) is 15.6. The number of hydrogen-bond acceptors (Lipinski definition) is 5. The van der Waals surface area contributed by atoms with Crippen LogP contribution in [-0.2, 0) is 4.74 Å². The Hall–Kier alpha value is -1.85. The first-order valence-corrected chi connectivity index (χ1v) is 8.76.